The summed E-state index contributed by atoms with van der Waals surface area (Å²) in [6.45, 7) is 6.65. The van der Waals surface area contributed by atoms with E-state index < -0.39 is 0 Å². The Balaban J connectivity index is 1.46. The van der Waals surface area contributed by atoms with Gasteiger partial charge in [-0.3, -0.25) is 0 Å². The second kappa shape index (κ2) is 7.17. The summed E-state index contributed by atoms with van der Waals surface area (Å²) in [4.78, 5) is 0. The zero-order valence-electron chi connectivity index (χ0n) is 17.3. The second-order valence-corrected chi connectivity index (χ2v) is 10.8. The fourth-order valence-electron chi connectivity index (χ4n) is 8.57. The van der Waals surface area contributed by atoms with Crippen LogP contribution in [0.5, 0.6) is 0 Å². The van der Waals surface area contributed by atoms with Gasteiger partial charge in [0, 0.05) is 0 Å². The van der Waals surface area contributed by atoms with Crippen molar-refractivity contribution in [1.29, 1.82) is 0 Å². The fraction of sp³-hybridized carbons (Fsp3) is 1.00. The lowest BCUT2D eigenvalue weighted by atomic mass is 9.45. The topological polar surface area (TPSA) is 12.0 Å². The van der Waals surface area contributed by atoms with Crippen molar-refractivity contribution in [2.75, 3.05) is 13.6 Å². The van der Waals surface area contributed by atoms with Crippen molar-refractivity contribution in [1.82, 2.24) is 5.32 Å². The van der Waals surface area contributed by atoms with Crippen LogP contribution in [0.15, 0.2) is 0 Å². The molecule has 0 aliphatic heterocycles. The molecule has 1 N–H and O–H groups in total. The van der Waals surface area contributed by atoms with Crippen molar-refractivity contribution in [3.05, 3.63) is 0 Å². The number of nitrogens with one attached hydrogen (secondary N) is 1. The molecule has 144 valence electrons. The van der Waals surface area contributed by atoms with Crippen LogP contribution in [0.25, 0.3) is 0 Å². The molecule has 0 bridgehead atoms. The predicted octanol–water partition coefficient (Wildman–Crippen LogP) is 6.43. The van der Waals surface area contributed by atoms with Gasteiger partial charge in [0.25, 0.3) is 0 Å². The highest BCUT2D eigenvalue weighted by Gasteiger charge is 2.59. The molecule has 0 amide bonds. The minimum atomic E-state index is 0.693. The van der Waals surface area contributed by atoms with Gasteiger partial charge in [-0.15, -0.1) is 0 Å². The van der Waals surface area contributed by atoms with Crippen LogP contribution in [0.2, 0.25) is 0 Å². The molecule has 0 aromatic heterocycles. The molecular formula is C24H43N. The normalized spacial score (nSPS) is 49.3. The van der Waals surface area contributed by atoms with Crippen LogP contribution in [0.3, 0.4) is 0 Å². The first-order valence-electron chi connectivity index (χ1n) is 11.7. The molecule has 1 heteroatoms. The maximum absolute atomic E-state index is 3.33. The van der Waals surface area contributed by atoms with Crippen LogP contribution >= 0.6 is 0 Å². The van der Waals surface area contributed by atoms with Gasteiger partial charge in [-0.05, 0) is 118 Å². The maximum atomic E-state index is 3.33. The maximum Gasteiger partial charge on any atom is -0.00519 e. The largest absolute Gasteiger partial charge is 0.320 e. The second-order valence-electron chi connectivity index (χ2n) is 10.8. The van der Waals surface area contributed by atoms with Gasteiger partial charge in [-0.1, -0.05) is 33.1 Å². The Hall–Kier alpha value is -0.0400. The molecule has 0 heterocycles. The molecule has 0 aromatic carbocycles. The molecule has 7 atom stereocenters. The number of fused-ring (bicyclic) bond motifs is 5. The van der Waals surface area contributed by atoms with Crippen molar-refractivity contribution in [3.63, 3.8) is 0 Å². The Morgan fingerprint density at radius 3 is 2.48 bits per heavy atom. The van der Waals surface area contributed by atoms with Crippen LogP contribution in [0, 0.1) is 40.4 Å². The highest BCUT2D eigenvalue weighted by Crippen LogP contribution is 2.67. The van der Waals surface area contributed by atoms with E-state index in [9.17, 15) is 0 Å². The van der Waals surface area contributed by atoms with Gasteiger partial charge >= 0.3 is 0 Å². The van der Waals surface area contributed by atoms with Gasteiger partial charge in [-0.25, -0.2) is 0 Å². The van der Waals surface area contributed by atoms with E-state index in [1.165, 1.54) is 38.6 Å². The van der Waals surface area contributed by atoms with E-state index in [2.05, 4.69) is 26.2 Å². The van der Waals surface area contributed by atoms with Crippen molar-refractivity contribution in [2.45, 2.75) is 97.3 Å². The summed E-state index contributed by atoms with van der Waals surface area (Å²) < 4.78 is 0. The van der Waals surface area contributed by atoms with E-state index in [1.807, 2.05) is 0 Å². The first-order chi connectivity index (χ1) is 12.1. The molecule has 7 unspecified atom stereocenters. The summed E-state index contributed by atoms with van der Waals surface area (Å²) in [5.74, 6) is 5.34. The molecule has 4 fully saturated rings. The van der Waals surface area contributed by atoms with Crippen LogP contribution in [0.4, 0.5) is 0 Å². The third kappa shape index (κ3) is 3.01. The van der Waals surface area contributed by atoms with E-state index in [0.717, 1.165) is 29.6 Å². The third-order valence-electron chi connectivity index (χ3n) is 10.0. The lowest BCUT2D eigenvalue weighted by Crippen LogP contribution is -2.52. The first-order valence-corrected chi connectivity index (χ1v) is 11.7. The van der Waals surface area contributed by atoms with Crippen molar-refractivity contribution >= 4 is 0 Å². The molecule has 0 saturated heterocycles. The van der Waals surface area contributed by atoms with Crippen molar-refractivity contribution in [2.24, 2.45) is 40.4 Å². The molecule has 4 aliphatic carbocycles. The highest BCUT2D eigenvalue weighted by atomic mass is 14.8. The van der Waals surface area contributed by atoms with Crippen LogP contribution in [0.1, 0.15) is 97.3 Å². The van der Waals surface area contributed by atoms with Gasteiger partial charge in [0.05, 0.1) is 0 Å². The summed E-state index contributed by atoms with van der Waals surface area (Å²) in [6, 6.07) is 0. The minimum absolute atomic E-state index is 0.693. The van der Waals surface area contributed by atoms with E-state index in [0.29, 0.717) is 10.8 Å². The lowest BCUT2D eigenvalue weighted by Gasteiger charge is -2.60. The standard InChI is InChI=1S/C24H43N/c1-23-15-6-4-8-18(23)10-12-20-21-13-11-19(9-5-7-17-25-3)24(21,2)16-14-22(20)23/h18-22,25H,4-17H2,1-3H3. The molecule has 0 aromatic rings. The van der Waals surface area contributed by atoms with Crippen molar-refractivity contribution < 1.29 is 0 Å². The summed E-state index contributed by atoms with van der Waals surface area (Å²) in [7, 11) is 2.09. The summed E-state index contributed by atoms with van der Waals surface area (Å²) in [5.41, 5.74) is 1.41. The Bertz CT molecular complexity index is 459. The van der Waals surface area contributed by atoms with Crippen LogP contribution in [-0.4, -0.2) is 13.6 Å². The molecule has 0 spiro atoms. The third-order valence-corrected chi connectivity index (χ3v) is 10.0. The summed E-state index contributed by atoms with van der Waals surface area (Å²) in [6.07, 6.45) is 19.8. The fourth-order valence-corrected chi connectivity index (χ4v) is 8.57. The highest BCUT2D eigenvalue weighted by molar-refractivity contribution is 5.08. The predicted molar refractivity (Wildman–Crippen MR) is 108 cm³/mol. The first kappa shape index (κ1) is 18.3. The molecule has 4 aliphatic rings. The number of hydrogen-bond acceptors (Lipinski definition) is 1. The molecule has 25 heavy (non-hydrogen) atoms. The van der Waals surface area contributed by atoms with Gasteiger partial charge in [-0.2, -0.15) is 0 Å². The van der Waals surface area contributed by atoms with Gasteiger partial charge in [0.1, 0.15) is 0 Å². The van der Waals surface area contributed by atoms with Crippen LogP contribution in [-0.2, 0) is 0 Å². The zero-order valence-corrected chi connectivity index (χ0v) is 17.3. The van der Waals surface area contributed by atoms with Gasteiger partial charge in [0.15, 0.2) is 0 Å². The molecular weight excluding hydrogens is 302 g/mol. The minimum Gasteiger partial charge on any atom is -0.320 e. The Kier molecular flexibility index (Phi) is 5.26. The summed E-state index contributed by atoms with van der Waals surface area (Å²) in [5, 5.41) is 3.33. The van der Waals surface area contributed by atoms with E-state index in [1.54, 1.807) is 51.4 Å². The lowest BCUT2D eigenvalue weighted by molar-refractivity contribution is -0.111. The Labute approximate surface area is 157 Å². The smallest absolute Gasteiger partial charge is 0.00519 e. The number of rotatable bonds is 5. The summed E-state index contributed by atoms with van der Waals surface area (Å²) >= 11 is 0. The quantitative estimate of drug-likeness (QED) is 0.566. The van der Waals surface area contributed by atoms with E-state index in [-0.39, 0.29) is 0 Å². The molecule has 0 radical (unpaired) electrons. The molecule has 4 rings (SSSR count). The molecule has 4 saturated carbocycles. The Morgan fingerprint density at radius 1 is 0.800 bits per heavy atom. The number of hydrogen-bond donors (Lipinski definition) is 1. The van der Waals surface area contributed by atoms with E-state index in [4.69, 9.17) is 0 Å². The van der Waals surface area contributed by atoms with E-state index >= 15 is 0 Å². The zero-order chi connectivity index (χ0) is 17.5. The van der Waals surface area contributed by atoms with Gasteiger partial charge < -0.3 is 5.32 Å². The number of unbranched alkanes of at least 4 members (excludes halogenated alkanes) is 1. The SMILES string of the molecule is CNCCCCC1CCC2C3CCC4CCCCC4(C)C3CCC12C. The molecule has 1 nitrogen and oxygen atoms in total. The average molecular weight is 346 g/mol. The average Bonchev–Trinajstić information content (AvgIpc) is 2.95. The van der Waals surface area contributed by atoms with Crippen molar-refractivity contribution in [3.8, 4) is 0 Å². The van der Waals surface area contributed by atoms with Crippen LogP contribution < -0.4 is 5.32 Å². The van der Waals surface area contributed by atoms with Gasteiger partial charge in [0.2, 0.25) is 0 Å². The Morgan fingerprint density at radius 2 is 1.64 bits per heavy atom. The monoisotopic (exact) mass is 345 g/mol.